The first-order chi connectivity index (χ1) is 7.86. The molecule has 2 heterocycles. The lowest BCUT2D eigenvalue weighted by Crippen LogP contribution is -2.01. The molecule has 1 aliphatic rings. The molecule has 1 saturated carbocycles. The summed E-state index contributed by atoms with van der Waals surface area (Å²) in [5.74, 6) is 2.27. The smallest absolute Gasteiger partial charge is 0.158 e. The van der Waals surface area contributed by atoms with Crippen molar-refractivity contribution in [1.29, 1.82) is 0 Å². The number of aromatic nitrogens is 4. The second-order valence-electron chi connectivity index (χ2n) is 3.97. The molecule has 0 aromatic carbocycles. The van der Waals surface area contributed by atoms with Gasteiger partial charge in [0.05, 0.1) is 5.69 Å². The van der Waals surface area contributed by atoms with E-state index < -0.39 is 0 Å². The second kappa shape index (κ2) is 3.59. The Morgan fingerprint density at radius 2 is 2.25 bits per heavy atom. The summed E-state index contributed by atoms with van der Waals surface area (Å²) >= 11 is 0. The molecule has 5 nitrogen and oxygen atoms in total. The van der Waals surface area contributed by atoms with Crippen LogP contribution in [0.4, 0.5) is 5.82 Å². The minimum absolute atomic E-state index is 0.673. The molecule has 0 radical (unpaired) electrons. The fraction of sp³-hybridized carbons (Fsp3) is 0.364. The topological polar surface area (TPSA) is 55.6 Å². The van der Waals surface area contributed by atoms with Crippen LogP contribution in [-0.2, 0) is 0 Å². The van der Waals surface area contributed by atoms with Crippen LogP contribution in [-0.4, -0.2) is 26.8 Å². The summed E-state index contributed by atoms with van der Waals surface area (Å²) in [5.41, 5.74) is 1.17. The van der Waals surface area contributed by atoms with Gasteiger partial charge < -0.3 is 5.32 Å². The van der Waals surface area contributed by atoms with Gasteiger partial charge in [0.25, 0.3) is 0 Å². The van der Waals surface area contributed by atoms with E-state index in [2.05, 4.69) is 26.4 Å². The van der Waals surface area contributed by atoms with Gasteiger partial charge in [0.2, 0.25) is 0 Å². The highest BCUT2D eigenvalue weighted by molar-refractivity contribution is 5.39. The van der Waals surface area contributed by atoms with Crippen molar-refractivity contribution >= 4 is 5.82 Å². The van der Waals surface area contributed by atoms with Gasteiger partial charge in [-0.15, -0.1) is 0 Å². The van der Waals surface area contributed by atoms with E-state index in [1.807, 2.05) is 19.3 Å². The Kier molecular flexibility index (Phi) is 2.09. The van der Waals surface area contributed by atoms with Crippen molar-refractivity contribution in [3.63, 3.8) is 0 Å². The highest BCUT2D eigenvalue weighted by atomic mass is 15.3. The number of rotatable bonds is 3. The van der Waals surface area contributed by atoms with Crippen LogP contribution in [0.15, 0.2) is 24.7 Å². The molecule has 0 spiro atoms. The molecule has 5 heteroatoms. The Bertz CT molecular complexity index is 501. The van der Waals surface area contributed by atoms with Crippen LogP contribution in [0.1, 0.15) is 24.5 Å². The van der Waals surface area contributed by atoms with Gasteiger partial charge in [-0.1, -0.05) is 0 Å². The third kappa shape index (κ3) is 1.64. The molecule has 0 saturated heterocycles. The molecule has 16 heavy (non-hydrogen) atoms. The third-order valence-electron chi connectivity index (χ3n) is 2.75. The predicted molar refractivity (Wildman–Crippen MR) is 60.7 cm³/mol. The maximum atomic E-state index is 4.52. The Morgan fingerprint density at radius 3 is 3.00 bits per heavy atom. The molecule has 0 atom stereocenters. The van der Waals surface area contributed by atoms with E-state index >= 15 is 0 Å². The van der Waals surface area contributed by atoms with Crippen LogP contribution < -0.4 is 5.32 Å². The minimum Gasteiger partial charge on any atom is -0.373 e. The summed E-state index contributed by atoms with van der Waals surface area (Å²) in [6.07, 6.45) is 6.03. The summed E-state index contributed by atoms with van der Waals surface area (Å²) in [6.45, 7) is 0. The molecule has 1 fully saturated rings. The lowest BCUT2D eigenvalue weighted by molar-refractivity contribution is 0.808. The number of hydrogen-bond acceptors (Lipinski definition) is 4. The molecule has 1 aliphatic carbocycles. The van der Waals surface area contributed by atoms with Gasteiger partial charge in [-0.05, 0) is 18.9 Å². The van der Waals surface area contributed by atoms with E-state index in [1.165, 1.54) is 18.5 Å². The van der Waals surface area contributed by atoms with Gasteiger partial charge in [0.15, 0.2) is 5.82 Å². The maximum absolute atomic E-state index is 4.52. The molecule has 2 aromatic heterocycles. The largest absolute Gasteiger partial charge is 0.373 e. The third-order valence-corrected chi connectivity index (χ3v) is 2.75. The van der Waals surface area contributed by atoms with E-state index in [0.29, 0.717) is 5.92 Å². The lowest BCUT2D eigenvalue weighted by atomic mass is 10.3. The van der Waals surface area contributed by atoms with Crippen LogP contribution >= 0.6 is 0 Å². The first kappa shape index (κ1) is 9.33. The average molecular weight is 215 g/mol. The summed E-state index contributed by atoms with van der Waals surface area (Å²) < 4.78 is 1.80. The second-order valence-corrected chi connectivity index (χ2v) is 3.97. The van der Waals surface area contributed by atoms with Crippen molar-refractivity contribution in [3.8, 4) is 5.82 Å². The van der Waals surface area contributed by atoms with Crippen LogP contribution in [0.2, 0.25) is 0 Å². The zero-order valence-corrected chi connectivity index (χ0v) is 9.09. The summed E-state index contributed by atoms with van der Waals surface area (Å²) in [5, 5.41) is 7.50. The fourth-order valence-electron chi connectivity index (χ4n) is 1.67. The monoisotopic (exact) mass is 215 g/mol. The summed E-state index contributed by atoms with van der Waals surface area (Å²) in [6, 6.07) is 3.95. The minimum atomic E-state index is 0.673. The molecule has 0 bridgehead atoms. The first-order valence-electron chi connectivity index (χ1n) is 5.42. The Labute approximate surface area is 93.5 Å². The average Bonchev–Trinajstić information content (AvgIpc) is 3.07. The van der Waals surface area contributed by atoms with Crippen molar-refractivity contribution in [2.75, 3.05) is 12.4 Å². The number of nitrogens with one attached hydrogen (secondary N) is 1. The van der Waals surface area contributed by atoms with Gasteiger partial charge in [0.1, 0.15) is 12.1 Å². The van der Waals surface area contributed by atoms with Gasteiger partial charge in [-0.25, -0.2) is 14.6 Å². The number of hydrogen-bond donors (Lipinski definition) is 1. The zero-order valence-electron chi connectivity index (χ0n) is 9.09. The number of nitrogens with zero attached hydrogens (tertiary/aromatic N) is 4. The molecule has 1 N–H and O–H groups in total. The van der Waals surface area contributed by atoms with Gasteiger partial charge in [0, 0.05) is 25.2 Å². The van der Waals surface area contributed by atoms with Crippen molar-refractivity contribution in [2.24, 2.45) is 0 Å². The Hall–Kier alpha value is -1.91. The Morgan fingerprint density at radius 1 is 1.38 bits per heavy atom. The van der Waals surface area contributed by atoms with Crippen LogP contribution in [0.3, 0.4) is 0 Å². The molecule has 3 rings (SSSR count). The van der Waals surface area contributed by atoms with E-state index in [-0.39, 0.29) is 0 Å². The quantitative estimate of drug-likeness (QED) is 0.844. The van der Waals surface area contributed by atoms with Gasteiger partial charge in [-0.2, -0.15) is 5.10 Å². The molecular formula is C11H13N5. The summed E-state index contributed by atoms with van der Waals surface area (Å²) in [4.78, 5) is 8.27. The van der Waals surface area contributed by atoms with E-state index in [0.717, 1.165) is 11.6 Å². The van der Waals surface area contributed by atoms with Crippen molar-refractivity contribution in [2.45, 2.75) is 18.8 Å². The van der Waals surface area contributed by atoms with E-state index in [4.69, 9.17) is 0 Å². The summed E-state index contributed by atoms with van der Waals surface area (Å²) in [7, 11) is 1.84. The molecular weight excluding hydrogens is 202 g/mol. The fourth-order valence-corrected chi connectivity index (χ4v) is 1.67. The van der Waals surface area contributed by atoms with Crippen molar-refractivity contribution in [1.82, 2.24) is 19.7 Å². The predicted octanol–water partition coefficient (Wildman–Crippen LogP) is 1.58. The SMILES string of the molecule is CNc1cc(-n2ccc(C3CC3)n2)ncn1. The molecule has 0 aliphatic heterocycles. The molecule has 0 amide bonds. The van der Waals surface area contributed by atoms with Gasteiger partial charge in [-0.3, -0.25) is 0 Å². The molecule has 0 unspecified atom stereocenters. The highest BCUT2D eigenvalue weighted by Gasteiger charge is 2.25. The Balaban J connectivity index is 1.93. The van der Waals surface area contributed by atoms with Crippen molar-refractivity contribution < 1.29 is 0 Å². The standard InChI is InChI=1S/C11H13N5/c1-12-10-6-11(14-7-13-10)16-5-4-9(15-16)8-2-3-8/h4-8H,2-3H2,1H3,(H,12,13,14). The maximum Gasteiger partial charge on any atom is 0.158 e. The lowest BCUT2D eigenvalue weighted by Gasteiger charge is -2.02. The van der Waals surface area contributed by atoms with Gasteiger partial charge >= 0.3 is 0 Å². The molecule has 82 valence electrons. The van der Waals surface area contributed by atoms with Crippen molar-refractivity contribution in [3.05, 3.63) is 30.4 Å². The first-order valence-corrected chi connectivity index (χ1v) is 5.42. The van der Waals surface area contributed by atoms with E-state index in [1.54, 1.807) is 11.0 Å². The zero-order chi connectivity index (χ0) is 11.0. The molecule has 2 aromatic rings. The number of anilines is 1. The van der Waals surface area contributed by atoms with Crippen LogP contribution in [0.5, 0.6) is 0 Å². The van der Waals surface area contributed by atoms with E-state index in [9.17, 15) is 0 Å². The normalized spacial score (nSPS) is 15.1. The van der Waals surface area contributed by atoms with Crippen LogP contribution in [0.25, 0.3) is 5.82 Å². The van der Waals surface area contributed by atoms with Crippen LogP contribution in [0, 0.1) is 0 Å². The highest BCUT2D eigenvalue weighted by Crippen LogP contribution is 2.38.